The number of nitrogens with zero attached hydrogens (tertiary/aromatic N) is 1. The molecule has 0 aliphatic carbocycles. The number of aldehydes is 1. The lowest BCUT2D eigenvalue weighted by Crippen LogP contribution is -2.24. The molecule has 2 aliphatic rings. The molecule has 2 aromatic rings. The first-order valence-corrected chi connectivity index (χ1v) is 8.50. The third kappa shape index (κ3) is 2.82. The van der Waals surface area contributed by atoms with Crippen LogP contribution in [-0.4, -0.2) is 42.5 Å². The van der Waals surface area contributed by atoms with Crippen LogP contribution in [0.4, 0.5) is 0 Å². The van der Waals surface area contributed by atoms with Gasteiger partial charge in [0.25, 0.3) is 0 Å². The van der Waals surface area contributed by atoms with Crippen LogP contribution in [0.25, 0.3) is 0 Å². The molecule has 6 heteroatoms. The number of carbonyl (C=O) groups excluding carboxylic acids is 2. The van der Waals surface area contributed by atoms with Gasteiger partial charge in [0, 0.05) is 30.6 Å². The molecule has 2 aromatic carbocycles. The number of ketones is 1. The third-order valence-corrected chi connectivity index (χ3v) is 4.98. The minimum Gasteiger partial charge on any atom is -0.507 e. The topological polar surface area (TPSA) is 76.1 Å². The second-order valence-electron chi connectivity index (χ2n) is 6.71. The summed E-state index contributed by atoms with van der Waals surface area (Å²) in [6.45, 7) is 1.33. The predicted octanol–water partition coefficient (Wildman–Crippen LogP) is 2.35. The molecule has 4 rings (SSSR count). The normalized spacial score (nSPS) is 16.7. The fourth-order valence-corrected chi connectivity index (χ4v) is 3.51. The van der Waals surface area contributed by atoms with Crippen molar-refractivity contribution in [1.82, 2.24) is 4.90 Å². The first-order chi connectivity index (χ1) is 12.6. The largest absolute Gasteiger partial charge is 0.507 e. The standard InChI is InChI=1S/C20H19NO5/c1-21-5-4-13-7-18-19(26-11-25-18)8-15(13)17(23)6-12-2-3-14(10-22)20(24)16(12)9-21/h2-3,7-8,10,24H,4-6,9,11H2,1H3. The van der Waals surface area contributed by atoms with Crippen molar-refractivity contribution in [2.75, 3.05) is 20.4 Å². The molecule has 0 saturated carbocycles. The molecule has 134 valence electrons. The maximum Gasteiger partial charge on any atom is 0.231 e. The highest BCUT2D eigenvalue weighted by atomic mass is 16.7. The van der Waals surface area contributed by atoms with Crippen molar-refractivity contribution < 1.29 is 24.2 Å². The van der Waals surface area contributed by atoms with E-state index < -0.39 is 0 Å². The first kappa shape index (κ1) is 16.6. The van der Waals surface area contributed by atoms with Crippen molar-refractivity contribution in [3.8, 4) is 17.2 Å². The van der Waals surface area contributed by atoms with Crippen LogP contribution in [0.15, 0.2) is 24.3 Å². The summed E-state index contributed by atoms with van der Waals surface area (Å²) in [6.07, 6.45) is 1.46. The summed E-state index contributed by atoms with van der Waals surface area (Å²) in [6, 6.07) is 6.94. The van der Waals surface area contributed by atoms with E-state index in [9.17, 15) is 14.7 Å². The fourth-order valence-electron chi connectivity index (χ4n) is 3.51. The van der Waals surface area contributed by atoms with Gasteiger partial charge in [0.1, 0.15) is 5.75 Å². The van der Waals surface area contributed by atoms with Gasteiger partial charge >= 0.3 is 0 Å². The van der Waals surface area contributed by atoms with Crippen molar-refractivity contribution >= 4 is 12.1 Å². The minimum atomic E-state index is -0.0395. The zero-order valence-electron chi connectivity index (χ0n) is 14.4. The Kier molecular flexibility index (Phi) is 4.12. The summed E-state index contributed by atoms with van der Waals surface area (Å²) < 4.78 is 10.9. The van der Waals surface area contributed by atoms with Crippen LogP contribution in [0.5, 0.6) is 17.2 Å². The quantitative estimate of drug-likeness (QED) is 0.793. The number of phenolic OH excluding ortho intramolecular Hbond substituents is 1. The van der Waals surface area contributed by atoms with Crippen LogP contribution in [0.2, 0.25) is 0 Å². The van der Waals surface area contributed by atoms with Crippen LogP contribution < -0.4 is 9.47 Å². The molecule has 2 heterocycles. The highest BCUT2D eigenvalue weighted by molar-refractivity contribution is 6.00. The molecule has 0 radical (unpaired) electrons. The number of carbonyl (C=O) groups is 2. The van der Waals surface area contributed by atoms with Crippen molar-refractivity contribution in [2.24, 2.45) is 0 Å². The predicted molar refractivity (Wildman–Crippen MR) is 94.1 cm³/mol. The van der Waals surface area contributed by atoms with Crippen LogP contribution in [-0.2, 0) is 19.4 Å². The number of hydrogen-bond donors (Lipinski definition) is 1. The molecule has 26 heavy (non-hydrogen) atoms. The number of ether oxygens (including phenoxy) is 2. The molecular formula is C20H19NO5. The maximum atomic E-state index is 13.0. The Morgan fingerprint density at radius 3 is 2.69 bits per heavy atom. The average molecular weight is 353 g/mol. The number of fused-ring (bicyclic) bond motifs is 3. The first-order valence-electron chi connectivity index (χ1n) is 8.50. The van der Waals surface area contributed by atoms with Gasteiger partial charge in [-0.25, -0.2) is 0 Å². The van der Waals surface area contributed by atoms with Gasteiger partial charge in [-0.15, -0.1) is 0 Å². The Bertz CT molecular complexity index is 906. The lowest BCUT2D eigenvalue weighted by atomic mass is 9.91. The van der Waals surface area contributed by atoms with Gasteiger partial charge in [-0.3, -0.25) is 9.59 Å². The molecule has 0 aromatic heterocycles. The molecule has 0 spiro atoms. The summed E-state index contributed by atoms with van der Waals surface area (Å²) in [5, 5.41) is 10.4. The van der Waals surface area contributed by atoms with Gasteiger partial charge in [0.05, 0.1) is 5.56 Å². The van der Waals surface area contributed by atoms with Crippen LogP contribution in [0.3, 0.4) is 0 Å². The zero-order valence-corrected chi connectivity index (χ0v) is 14.4. The fraction of sp³-hybridized carbons (Fsp3) is 0.300. The summed E-state index contributed by atoms with van der Waals surface area (Å²) in [7, 11) is 1.95. The second-order valence-corrected chi connectivity index (χ2v) is 6.71. The average Bonchev–Trinajstić information content (AvgIpc) is 3.09. The van der Waals surface area contributed by atoms with E-state index in [0.717, 1.165) is 11.1 Å². The second kappa shape index (κ2) is 6.46. The Hall–Kier alpha value is -2.86. The highest BCUT2D eigenvalue weighted by Crippen LogP contribution is 2.36. The SMILES string of the molecule is CN1CCc2cc3c(cc2C(=O)Cc2ccc(C=O)c(O)c2C1)OCO3. The van der Waals surface area contributed by atoms with E-state index >= 15 is 0 Å². The molecule has 1 N–H and O–H groups in total. The molecule has 0 bridgehead atoms. The van der Waals surface area contributed by atoms with Gasteiger partial charge in [0.2, 0.25) is 6.79 Å². The molecule has 0 amide bonds. The molecule has 0 saturated heterocycles. The highest BCUT2D eigenvalue weighted by Gasteiger charge is 2.24. The monoisotopic (exact) mass is 353 g/mol. The van der Waals surface area contributed by atoms with E-state index in [1.807, 2.05) is 13.1 Å². The van der Waals surface area contributed by atoms with E-state index in [2.05, 4.69) is 4.90 Å². The van der Waals surface area contributed by atoms with Crippen molar-refractivity contribution in [3.63, 3.8) is 0 Å². The van der Waals surface area contributed by atoms with Gasteiger partial charge in [-0.05, 0) is 42.8 Å². The summed E-state index contributed by atoms with van der Waals surface area (Å²) >= 11 is 0. The lowest BCUT2D eigenvalue weighted by molar-refractivity contribution is 0.0990. The lowest BCUT2D eigenvalue weighted by Gasteiger charge is -2.23. The van der Waals surface area contributed by atoms with Crippen LogP contribution >= 0.6 is 0 Å². The molecule has 0 fully saturated rings. The molecule has 0 unspecified atom stereocenters. The Balaban J connectivity index is 1.80. The van der Waals surface area contributed by atoms with Crippen molar-refractivity contribution in [1.29, 1.82) is 0 Å². The summed E-state index contributed by atoms with van der Waals surface area (Å²) in [5.41, 5.74) is 3.16. The van der Waals surface area contributed by atoms with Gasteiger partial charge in [-0.1, -0.05) is 6.07 Å². The summed E-state index contributed by atoms with van der Waals surface area (Å²) in [5.74, 6) is 1.18. The van der Waals surface area contributed by atoms with Gasteiger partial charge in [0.15, 0.2) is 23.6 Å². The van der Waals surface area contributed by atoms with Crippen molar-refractivity contribution in [3.05, 3.63) is 52.1 Å². The zero-order chi connectivity index (χ0) is 18.3. The number of phenols is 1. The van der Waals surface area contributed by atoms with Crippen LogP contribution in [0.1, 0.15) is 37.4 Å². The molecule has 2 aliphatic heterocycles. The minimum absolute atomic E-state index is 0.0383. The van der Waals surface area contributed by atoms with Crippen LogP contribution in [0, 0.1) is 0 Å². The van der Waals surface area contributed by atoms with Gasteiger partial charge < -0.3 is 19.5 Å². The number of benzene rings is 2. The summed E-state index contributed by atoms with van der Waals surface area (Å²) in [4.78, 5) is 26.2. The van der Waals surface area contributed by atoms with E-state index in [-0.39, 0.29) is 30.3 Å². The van der Waals surface area contributed by atoms with Gasteiger partial charge in [-0.2, -0.15) is 0 Å². The molecule has 6 nitrogen and oxygen atoms in total. The molecule has 0 atom stereocenters. The number of aromatic hydroxyl groups is 1. The van der Waals surface area contributed by atoms with E-state index in [1.54, 1.807) is 18.2 Å². The Morgan fingerprint density at radius 2 is 1.92 bits per heavy atom. The smallest absolute Gasteiger partial charge is 0.231 e. The maximum absolute atomic E-state index is 13.0. The molecular weight excluding hydrogens is 334 g/mol. The Morgan fingerprint density at radius 1 is 1.15 bits per heavy atom. The van der Waals surface area contributed by atoms with E-state index in [0.29, 0.717) is 48.4 Å². The number of hydrogen-bond acceptors (Lipinski definition) is 6. The van der Waals surface area contributed by atoms with Crippen molar-refractivity contribution in [2.45, 2.75) is 19.4 Å². The Labute approximate surface area is 151 Å². The number of likely N-dealkylation sites (N-methyl/N-ethyl adjacent to an activating group) is 1. The number of rotatable bonds is 1. The third-order valence-electron chi connectivity index (χ3n) is 4.98. The van der Waals surface area contributed by atoms with E-state index in [4.69, 9.17) is 9.47 Å². The number of Topliss-reactive ketones (excluding diaryl/α,β-unsaturated/α-hetero) is 1. The van der Waals surface area contributed by atoms with E-state index in [1.165, 1.54) is 0 Å².